The average Bonchev–Trinajstić information content (AvgIpc) is 2.76. The molecular weight excluding hydrogens is 301 g/mol. The Morgan fingerprint density at radius 3 is 2.29 bits per heavy atom. The standard InChI is InChI=1S/C19H28BNO3/c1-18(2)19(3,4)24-20(23-18)16-12-14(13-22)10-11-17(16)21-15-8-6-5-7-9-15/h10-13,15,21H,5-9H2,1-4H3. The van der Waals surface area contributed by atoms with Crippen LogP contribution in [0.2, 0.25) is 0 Å². The highest BCUT2D eigenvalue weighted by Crippen LogP contribution is 2.37. The van der Waals surface area contributed by atoms with Gasteiger partial charge in [0.15, 0.2) is 0 Å². The summed E-state index contributed by atoms with van der Waals surface area (Å²) in [6.45, 7) is 8.19. The number of carbonyl (C=O) groups is 1. The van der Waals surface area contributed by atoms with Gasteiger partial charge in [-0.05, 0) is 58.7 Å². The normalized spacial score (nSPS) is 23.2. The molecule has 2 aliphatic rings. The van der Waals surface area contributed by atoms with Crippen molar-refractivity contribution in [3.05, 3.63) is 23.8 Å². The molecule has 5 heteroatoms. The second-order valence-electron chi connectivity index (χ2n) is 8.03. The van der Waals surface area contributed by atoms with Gasteiger partial charge in [0.05, 0.1) is 11.2 Å². The lowest BCUT2D eigenvalue weighted by atomic mass is 9.76. The molecule has 0 aromatic heterocycles. The summed E-state index contributed by atoms with van der Waals surface area (Å²) in [6, 6.07) is 6.22. The van der Waals surface area contributed by atoms with Gasteiger partial charge in [-0.1, -0.05) is 19.3 Å². The van der Waals surface area contributed by atoms with Gasteiger partial charge in [-0.25, -0.2) is 0 Å². The van der Waals surface area contributed by atoms with Crippen molar-refractivity contribution in [3.63, 3.8) is 0 Å². The number of rotatable bonds is 4. The zero-order chi connectivity index (χ0) is 17.4. The fourth-order valence-corrected chi connectivity index (χ4v) is 3.42. The van der Waals surface area contributed by atoms with E-state index in [1.54, 1.807) is 0 Å². The van der Waals surface area contributed by atoms with Gasteiger partial charge in [0.25, 0.3) is 0 Å². The smallest absolute Gasteiger partial charge is 0.399 e. The zero-order valence-electron chi connectivity index (χ0n) is 15.2. The van der Waals surface area contributed by atoms with Crippen LogP contribution in [0.1, 0.15) is 70.2 Å². The lowest BCUT2D eigenvalue weighted by molar-refractivity contribution is 0.00578. The average molecular weight is 329 g/mol. The van der Waals surface area contributed by atoms with Crippen LogP contribution in [0.15, 0.2) is 18.2 Å². The highest BCUT2D eigenvalue weighted by atomic mass is 16.7. The Kier molecular flexibility index (Phi) is 4.76. The summed E-state index contributed by atoms with van der Waals surface area (Å²) >= 11 is 0. The van der Waals surface area contributed by atoms with Gasteiger partial charge in [0.2, 0.25) is 0 Å². The van der Waals surface area contributed by atoms with Gasteiger partial charge in [-0.15, -0.1) is 0 Å². The molecule has 4 nitrogen and oxygen atoms in total. The van der Waals surface area contributed by atoms with Gasteiger partial charge >= 0.3 is 7.12 Å². The maximum Gasteiger partial charge on any atom is 0.496 e. The number of hydrogen-bond acceptors (Lipinski definition) is 4. The number of hydrogen-bond donors (Lipinski definition) is 1. The second kappa shape index (κ2) is 6.53. The summed E-state index contributed by atoms with van der Waals surface area (Å²) < 4.78 is 12.4. The maximum absolute atomic E-state index is 11.2. The third-order valence-electron chi connectivity index (χ3n) is 5.68. The Morgan fingerprint density at radius 1 is 1.08 bits per heavy atom. The van der Waals surface area contributed by atoms with E-state index in [1.807, 2.05) is 45.9 Å². The first-order chi connectivity index (χ1) is 11.3. The zero-order valence-corrected chi connectivity index (χ0v) is 15.2. The summed E-state index contributed by atoms with van der Waals surface area (Å²) in [4.78, 5) is 11.2. The molecule has 1 aromatic rings. The number of anilines is 1. The minimum absolute atomic E-state index is 0.392. The van der Waals surface area contributed by atoms with Gasteiger partial charge in [-0.2, -0.15) is 0 Å². The SMILES string of the molecule is CC1(C)OB(c2cc(C=O)ccc2NC2CCCCC2)OC1(C)C. The van der Waals surface area contributed by atoms with Crippen LogP contribution >= 0.6 is 0 Å². The summed E-state index contributed by atoms with van der Waals surface area (Å²) in [5.41, 5.74) is 1.80. The fourth-order valence-electron chi connectivity index (χ4n) is 3.42. The highest BCUT2D eigenvalue weighted by molar-refractivity contribution is 6.64. The molecule has 0 atom stereocenters. The van der Waals surface area contributed by atoms with E-state index in [2.05, 4.69) is 5.32 Å². The first-order valence-electron chi connectivity index (χ1n) is 9.04. The van der Waals surface area contributed by atoms with Gasteiger partial charge in [-0.3, -0.25) is 4.79 Å². The van der Waals surface area contributed by atoms with E-state index in [-0.39, 0.29) is 0 Å². The minimum atomic E-state index is -0.457. The van der Waals surface area contributed by atoms with E-state index in [1.165, 1.54) is 32.1 Å². The summed E-state index contributed by atoms with van der Waals surface area (Å²) in [7, 11) is -0.457. The van der Waals surface area contributed by atoms with Crippen LogP contribution in [0, 0.1) is 0 Å². The molecule has 0 radical (unpaired) electrons. The van der Waals surface area contributed by atoms with Crippen molar-refractivity contribution < 1.29 is 14.1 Å². The van der Waals surface area contributed by atoms with Crippen LogP contribution in [0.5, 0.6) is 0 Å². The molecule has 0 amide bonds. The first-order valence-corrected chi connectivity index (χ1v) is 9.04. The summed E-state index contributed by atoms with van der Waals surface area (Å²) in [6.07, 6.45) is 7.13. The fraction of sp³-hybridized carbons (Fsp3) is 0.632. The maximum atomic E-state index is 11.2. The van der Waals surface area contributed by atoms with Crippen LogP contribution in [0.3, 0.4) is 0 Å². The van der Waals surface area contributed by atoms with Crippen molar-refractivity contribution in [1.82, 2.24) is 0 Å². The van der Waals surface area contributed by atoms with Gasteiger partial charge in [0, 0.05) is 22.8 Å². The van der Waals surface area contributed by atoms with E-state index in [4.69, 9.17) is 9.31 Å². The monoisotopic (exact) mass is 329 g/mol. The Morgan fingerprint density at radius 2 is 1.71 bits per heavy atom. The number of nitrogens with one attached hydrogen (secondary N) is 1. The number of benzene rings is 1. The molecule has 1 aliphatic carbocycles. The van der Waals surface area contributed by atoms with E-state index in [0.29, 0.717) is 11.6 Å². The van der Waals surface area contributed by atoms with Crippen molar-refractivity contribution in [2.24, 2.45) is 0 Å². The molecule has 3 rings (SSSR count). The van der Waals surface area contributed by atoms with Crippen LogP contribution in [0.25, 0.3) is 0 Å². The van der Waals surface area contributed by atoms with Gasteiger partial charge < -0.3 is 14.6 Å². The van der Waals surface area contributed by atoms with Gasteiger partial charge in [0.1, 0.15) is 6.29 Å². The highest BCUT2D eigenvalue weighted by Gasteiger charge is 2.52. The molecule has 0 unspecified atom stereocenters. The Labute approximate surface area is 145 Å². The molecule has 1 heterocycles. The molecule has 1 aromatic carbocycles. The molecule has 0 spiro atoms. The molecule has 1 saturated carbocycles. The number of carbonyl (C=O) groups excluding carboxylic acids is 1. The Balaban J connectivity index is 1.89. The largest absolute Gasteiger partial charge is 0.496 e. The molecular formula is C19H28BNO3. The van der Waals surface area contributed by atoms with Crippen molar-refractivity contribution in [2.45, 2.75) is 77.0 Å². The van der Waals surface area contributed by atoms with Crippen molar-refractivity contribution in [3.8, 4) is 0 Å². The van der Waals surface area contributed by atoms with Crippen LogP contribution in [-0.2, 0) is 9.31 Å². The molecule has 1 N–H and O–H groups in total. The van der Waals surface area contributed by atoms with E-state index < -0.39 is 18.3 Å². The predicted octanol–water partition coefficient (Wildman–Crippen LogP) is 3.54. The lowest BCUT2D eigenvalue weighted by Gasteiger charge is -2.32. The van der Waals surface area contributed by atoms with E-state index in [0.717, 1.165) is 17.4 Å². The molecule has 2 fully saturated rings. The predicted molar refractivity (Wildman–Crippen MR) is 98.0 cm³/mol. The van der Waals surface area contributed by atoms with E-state index in [9.17, 15) is 4.79 Å². The van der Waals surface area contributed by atoms with Crippen LogP contribution < -0.4 is 10.8 Å². The quantitative estimate of drug-likeness (QED) is 0.678. The third-order valence-corrected chi connectivity index (χ3v) is 5.68. The molecule has 130 valence electrons. The van der Waals surface area contributed by atoms with Crippen molar-refractivity contribution in [2.75, 3.05) is 5.32 Å². The molecule has 1 aliphatic heterocycles. The third kappa shape index (κ3) is 3.38. The van der Waals surface area contributed by atoms with Crippen molar-refractivity contribution >= 4 is 24.6 Å². The Bertz CT molecular complexity index is 593. The van der Waals surface area contributed by atoms with Crippen LogP contribution in [-0.4, -0.2) is 30.6 Å². The second-order valence-corrected chi connectivity index (χ2v) is 8.03. The Hall–Kier alpha value is -1.33. The van der Waals surface area contributed by atoms with Crippen LogP contribution in [0.4, 0.5) is 5.69 Å². The lowest BCUT2D eigenvalue weighted by Crippen LogP contribution is -2.41. The van der Waals surface area contributed by atoms with Crippen molar-refractivity contribution in [1.29, 1.82) is 0 Å². The number of aldehydes is 1. The first kappa shape index (κ1) is 17.5. The topological polar surface area (TPSA) is 47.6 Å². The summed E-state index contributed by atoms with van der Waals surface area (Å²) in [5, 5.41) is 3.66. The molecule has 1 saturated heterocycles. The molecule has 24 heavy (non-hydrogen) atoms. The summed E-state index contributed by atoms with van der Waals surface area (Å²) in [5.74, 6) is 0. The minimum Gasteiger partial charge on any atom is -0.399 e. The van der Waals surface area contributed by atoms with E-state index >= 15 is 0 Å². The molecule has 0 bridgehead atoms.